The topological polar surface area (TPSA) is 60.7 Å². The van der Waals surface area contributed by atoms with E-state index in [0.717, 1.165) is 25.5 Å². The minimum absolute atomic E-state index is 0.323. The molecule has 2 aromatic rings. The van der Waals surface area contributed by atoms with Gasteiger partial charge in [0, 0.05) is 38.2 Å². The number of aliphatic imine (C=N–C) groups is 1. The van der Waals surface area contributed by atoms with E-state index in [-0.39, 0.29) is 5.82 Å². The van der Waals surface area contributed by atoms with Gasteiger partial charge in [-0.1, -0.05) is 36.4 Å². The highest BCUT2D eigenvalue weighted by Gasteiger charge is 2.25. The van der Waals surface area contributed by atoms with Gasteiger partial charge >= 0.3 is 0 Å². The molecule has 0 spiro atoms. The van der Waals surface area contributed by atoms with E-state index in [2.05, 4.69) is 27.3 Å². The zero-order valence-corrected chi connectivity index (χ0v) is 16.1. The Labute approximate surface area is 165 Å². The molecule has 0 amide bonds. The molecule has 1 aliphatic rings. The number of halogens is 1. The third-order valence-corrected chi connectivity index (χ3v) is 4.88. The van der Waals surface area contributed by atoms with E-state index < -0.39 is 0 Å². The van der Waals surface area contributed by atoms with Crippen molar-refractivity contribution in [3.8, 4) is 6.07 Å². The van der Waals surface area contributed by atoms with Crippen LogP contribution in [0, 0.1) is 23.1 Å². The standard InChI is InChI=1S/C22H25FN4O/c1-25-22(26-13-20-8-7-18(12-24)11-21(20)23)27-10-9-19(14-27)16-28-15-17-5-3-2-4-6-17/h2-8,11,19H,9-10,13-16H2,1H3,(H,25,26). The number of hydrogen-bond acceptors (Lipinski definition) is 3. The molecular weight excluding hydrogens is 355 g/mol. The summed E-state index contributed by atoms with van der Waals surface area (Å²) in [5.41, 5.74) is 2.02. The van der Waals surface area contributed by atoms with E-state index in [0.29, 0.717) is 36.8 Å². The Kier molecular flexibility index (Phi) is 6.99. The molecule has 2 aromatic carbocycles. The molecule has 0 aliphatic carbocycles. The third kappa shape index (κ3) is 5.30. The van der Waals surface area contributed by atoms with Crippen LogP contribution in [0.25, 0.3) is 0 Å². The maximum absolute atomic E-state index is 14.0. The summed E-state index contributed by atoms with van der Waals surface area (Å²) in [4.78, 5) is 6.51. The van der Waals surface area contributed by atoms with Crippen molar-refractivity contribution in [3.63, 3.8) is 0 Å². The maximum Gasteiger partial charge on any atom is 0.193 e. The minimum atomic E-state index is -0.379. The smallest absolute Gasteiger partial charge is 0.193 e. The van der Waals surface area contributed by atoms with Gasteiger partial charge in [-0.2, -0.15) is 5.26 Å². The molecule has 5 nitrogen and oxygen atoms in total. The molecule has 0 bridgehead atoms. The van der Waals surface area contributed by atoms with E-state index in [1.54, 1.807) is 19.2 Å². The Morgan fingerprint density at radius 2 is 2.14 bits per heavy atom. The average molecular weight is 380 g/mol. The summed E-state index contributed by atoms with van der Waals surface area (Å²) in [6.07, 6.45) is 1.04. The van der Waals surface area contributed by atoms with Gasteiger partial charge in [-0.25, -0.2) is 4.39 Å². The van der Waals surface area contributed by atoms with Crippen molar-refractivity contribution in [3.05, 3.63) is 71.0 Å². The number of guanidine groups is 1. The van der Waals surface area contributed by atoms with Crippen molar-refractivity contribution in [2.75, 3.05) is 26.7 Å². The van der Waals surface area contributed by atoms with Crippen LogP contribution in [-0.2, 0) is 17.9 Å². The number of rotatable bonds is 6. The molecule has 1 saturated heterocycles. The second-order valence-electron chi connectivity index (χ2n) is 6.92. The molecule has 1 unspecified atom stereocenters. The van der Waals surface area contributed by atoms with Crippen LogP contribution in [0.2, 0.25) is 0 Å². The molecular formula is C22H25FN4O. The van der Waals surface area contributed by atoms with Gasteiger partial charge in [-0.3, -0.25) is 4.99 Å². The molecule has 28 heavy (non-hydrogen) atoms. The molecule has 0 saturated carbocycles. The van der Waals surface area contributed by atoms with E-state index in [4.69, 9.17) is 10.00 Å². The summed E-state index contributed by atoms with van der Waals surface area (Å²) in [5.74, 6) is 0.832. The average Bonchev–Trinajstić information content (AvgIpc) is 3.19. The number of benzene rings is 2. The van der Waals surface area contributed by atoms with Crippen LogP contribution in [0.15, 0.2) is 53.5 Å². The second-order valence-corrected chi connectivity index (χ2v) is 6.92. The molecule has 1 N–H and O–H groups in total. The first-order valence-corrected chi connectivity index (χ1v) is 9.45. The largest absolute Gasteiger partial charge is 0.376 e. The summed E-state index contributed by atoms with van der Waals surface area (Å²) in [5, 5.41) is 12.1. The first-order chi connectivity index (χ1) is 13.7. The minimum Gasteiger partial charge on any atom is -0.376 e. The van der Waals surface area contributed by atoms with Gasteiger partial charge in [0.05, 0.1) is 24.8 Å². The van der Waals surface area contributed by atoms with Crippen LogP contribution in [0.5, 0.6) is 0 Å². The molecule has 1 atom stereocenters. The summed E-state index contributed by atoms with van der Waals surface area (Å²) in [7, 11) is 1.73. The molecule has 146 valence electrons. The number of nitrogens with zero attached hydrogens (tertiary/aromatic N) is 3. The van der Waals surface area contributed by atoms with Crippen LogP contribution in [0.4, 0.5) is 4.39 Å². The van der Waals surface area contributed by atoms with Gasteiger partial charge in [0.25, 0.3) is 0 Å². The lowest BCUT2D eigenvalue weighted by Gasteiger charge is -2.22. The molecule has 3 rings (SSSR count). The summed E-state index contributed by atoms with van der Waals surface area (Å²) < 4.78 is 19.9. The van der Waals surface area contributed by atoms with Gasteiger partial charge in [0.1, 0.15) is 5.82 Å². The molecule has 0 radical (unpaired) electrons. The van der Waals surface area contributed by atoms with Crippen molar-refractivity contribution >= 4 is 5.96 Å². The van der Waals surface area contributed by atoms with Crippen LogP contribution in [0.1, 0.15) is 23.1 Å². The predicted octanol–water partition coefficient (Wildman–Crippen LogP) is 3.31. The Balaban J connectivity index is 1.46. The predicted molar refractivity (Wildman–Crippen MR) is 107 cm³/mol. The number of hydrogen-bond donors (Lipinski definition) is 1. The first-order valence-electron chi connectivity index (χ1n) is 9.45. The Morgan fingerprint density at radius 1 is 1.32 bits per heavy atom. The summed E-state index contributed by atoms with van der Waals surface area (Å²) in [6, 6.07) is 16.6. The molecule has 1 heterocycles. The highest BCUT2D eigenvalue weighted by atomic mass is 19.1. The normalized spacial score (nSPS) is 16.8. The third-order valence-electron chi connectivity index (χ3n) is 4.88. The lowest BCUT2D eigenvalue weighted by Crippen LogP contribution is -2.40. The van der Waals surface area contributed by atoms with E-state index in [1.807, 2.05) is 24.3 Å². The fourth-order valence-corrected chi connectivity index (χ4v) is 3.35. The van der Waals surface area contributed by atoms with Crippen molar-refractivity contribution in [1.82, 2.24) is 10.2 Å². The first kappa shape index (κ1) is 19.8. The number of nitriles is 1. The van der Waals surface area contributed by atoms with Crippen molar-refractivity contribution in [1.29, 1.82) is 5.26 Å². The van der Waals surface area contributed by atoms with E-state index >= 15 is 0 Å². The second kappa shape index (κ2) is 9.86. The number of nitrogens with one attached hydrogen (secondary N) is 1. The van der Waals surface area contributed by atoms with Gasteiger partial charge in [-0.05, 0) is 24.1 Å². The monoisotopic (exact) mass is 380 g/mol. The SMILES string of the molecule is CN=C(NCc1ccc(C#N)cc1F)N1CCC(COCc2ccccc2)C1. The number of ether oxygens (including phenoxy) is 1. The molecule has 0 aromatic heterocycles. The zero-order chi connectivity index (χ0) is 19.8. The van der Waals surface area contributed by atoms with Crippen molar-refractivity contribution < 1.29 is 9.13 Å². The fraction of sp³-hybridized carbons (Fsp3) is 0.364. The summed E-state index contributed by atoms with van der Waals surface area (Å²) in [6.45, 7) is 3.43. The van der Waals surface area contributed by atoms with Crippen LogP contribution in [-0.4, -0.2) is 37.6 Å². The van der Waals surface area contributed by atoms with Crippen LogP contribution < -0.4 is 5.32 Å². The van der Waals surface area contributed by atoms with Crippen LogP contribution in [0.3, 0.4) is 0 Å². The molecule has 6 heteroatoms. The Morgan fingerprint density at radius 3 is 2.86 bits per heavy atom. The quantitative estimate of drug-likeness (QED) is 0.617. The Bertz CT molecular complexity index is 847. The van der Waals surface area contributed by atoms with E-state index in [9.17, 15) is 4.39 Å². The lowest BCUT2D eigenvalue weighted by atomic mass is 10.1. The van der Waals surface area contributed by atoms with Gasteiger partial charge in [-0.15, -0.1) is 0 Å². The van der Waals surface area contributed by atoms with Gasteiger partial charge < -0.3 is 15.0 Å². The van der Waals surface area contributed by atoms with Crippen molar-refractivity contribution in [2.24, 2.45) is 10.9 Å². The van der Waals surface area contributed by atoms with Crippen molar-refractivity contribution in [2.45, 2.75) is 19.6 Å². The molecule has 1 fully saturated rings. The highest BCUT2D eigenvalue weighted by Crippen LogP contribution is 2.18. The zero-order valence-electron chi connectivity index (χ0n) is 16.1. The summed E-state index contributed by atoms with van der Waals surface area (Å²) >= 11 is 0. The number of likely N-dealkylation sites (tertiary alicyclic amines) is 1. The van der Waals surface area contributed by atoms with E-state index in [1.165, 1.54) is 11.6 Å². The lowest BCUT2D eigenvalue weighted by molar-refractivity contribution is 0.0906. The van der Waals surface area contributed by atoms with Crippen LogP contribution >= 0.6 is 0 Å². The van der Waals surface area contributed by atoms with Gasteiger partial charge in [0.2, 0.25) is 0 Å². The Hall–Kier alpha value is -2.91. The highest BCUT2D eigenvalue weighted by molar-refractivity contribution is 5.80. The maximum atomic E-state index is 14.0. The molecule has 1 aliphatic heterocycles. The van der Waals surface area contributed by atoms with Gasteiger partial charge in [0.15, 0.2) is 5.96 Å². The fourth-order valence-electron chi connectivity index (χ4n) is 3.35.